The van der Waals surface area contributed by atoms with Crippen LogP contribution in [-0.2, 0) is 33.6 Å². The fourth-order valence-corrected chi connectivity index (χ4v) is 2.91. The van der Waals surface area contributed by atoms with Crippen molar-refractivity contribution in [2.24, 2.45) is 0 Å². The van der Waals surface area contributed by atoms with Crippen LogP contribution in [0.25, 0.3) is 0 Å². The lowest BCUT2D eigenvalue weighted by molar-refractivity contribution is 0.183. The Kier molecular flexibility index (Phi) is 7.13. The summed E-state index contributed by atoms with van der Waals surface area (Å²) in [5.41, 5.74) is 2.13. The van der Waals surface area contributed by atoms with Crippen molar-refractivity contribution in [1.29, 1.82) is 0 Å². The average molecular weight is 381 g/mol. The summed E-state index contributed by atoms with van der Waals surface area (Å²) in [6.45, 7) is 1.47. The lowest BCUT2D eigenvalue weighted by atomic mass is 10.1. The van der Waals surface area contributed by atoms with Crippen molar-refractivity contribution in [2.75, 3.05) is 26.1 Å². The Morgan fingerprint density at radius 1 is 1.23 bits per heavy atom. The van der Waals surface area contributed by atoms with Gasteiger partial charge in [0, 0.05) is 19.9 Å². The fraction of sp³-hybridized carbons (Fsp3) is 0.375. The van der Waals surface area contributed by atoms with Gasteiger partial charge < -0.3 is 15.4 Å². The fourth-order valence-electron chi connectivity index (χ4n) is 2.14. The largest absolute Gasteiger partial charge is 0.383 e. The molecule has 1 aromatic heterocycles. The second-order valence-electron chi connectivity index (χ2n) is 5.57. The predicted octanol–water partition coefficient (Wildman–Crippen LogP) is 0.900. The molecule has 26 heavy (non-hydrogen) atoms. The molecule has 0 spiro atoms. The van der Waals surface area contributed by atoms with Crippen LogP contribution < -0.4 is 15.4 Å². The maximum Gasteiger partial charge on any atom is 0.319 e. The van der Waals surface area contributed by atoms with E-state index in [9.17, 15) is 13.2 Å². The Balaban J connectivity index is 1.80. The van der Waals surface area contributed by atoms with Gasteiger partial charge in [0.25, 0.3) is 0 Å². The van der Waals surface area contributed by atoms with Crippen LogP contribution in [0.15, 0.2) is 36.7 Å². The number of nitrogens with zero attached hydrogens (tertiary/aromatic N) is 2. The molecule has 0 bridgehead atoms. The molecule has 0 saturated heterocycles. The lowest BCUT2D eigenvalue weighted by Gasteiger charge is -2.07. The Hall–Kier alpha value is -2.43. The number of hydrogen-bond donors (Lipinski definition) is 3. The predicted molar refractivity (Wildman–Crippen MR) is 98.1 cm³/mol. The van der Waals surface area contributed by atoms with Crippen LogP contribution in [0, 0.1) is 0 Å². The van der Waals surface area contributed by atoms with Gasteiger partial charge in [-0.15, -0.1) is 0 Å². The van der Waals surface area contributed by atoms with Gasteiger partial charge in [-0.1, -0.05) is 24.3 Å². The molecule has 2 aromatic rings. The second-order valence-corrected chi connectivity index (χ2v) is 7.50. The van der Waals surface area contributed by atoms with Gasteiger partial charge in [0.2, 0.25) is 10.0 Å². The smallest absolute Gasteiger partial charge is 0.319 e. The Bertz CT molecular complexity index is 817. The number of carbonyl (C=O) groups excluding carboxylic acids is 1. The SMILES string of the molecule is CNS(=O)(=O)Cc1ccc(CNC(=O)Nc2cnn(CCOC)c2)cc1. The van der Waals surface area contributed by atoms with E-state index in [1.165, 1.54) is 7.05 Å². The van der Waals surface area contributed by atoms with Crippen molar-refractivity contribution in [3.63, 3.8) is 0 Å². The Morgan fingerprint density at radius 2 is 1.92 bits per heavy atom. The van der Waals surface area contributed by atoms with E-state index in [1.54, 1.807) is 48.5 Å². The number of carbonyl (C=O) groups is 1. The van der Waals surface area contributed by atoms with E-state index in [2.05, 4.69) is 20.5 Å². The molecule has 0 fully saturated rings. The number of benzene rings is 1. The minimum absolute atomic E-state index is 0.0786. The summed E-state index contributed by atoms with van der Waals surface area (Å²) in [5.74, 6) is -0.0786. The molecule has 0 saturated carbocycles. The van der Waals surface area contributed by atoms with Gasteiger partial charge >= 0.3 is 6.03 Å². The third-order valence-corrected chi connectivity index (χ3v) is 4.89. The first kappa shape index (κ1) is 19.9. The quantitative estimate of drug-likeness (QED) is 0.597. The molecule has 0 atom stereocenters. The van der Waals surface area contributed by atoms with Crippen LogP contribution in [0.1, 0.15) is 11.1 Å². The normalized spacial score (nSPS) is 11.3. The van der Waals surface area contributed by atoms with Crippen molar-refractivity contribution in [1.82, 2.24) is 19.8 Å². The highest BCUT2D eigenvalue weighted by molar-refractivity contribution is 7.88. The number of nitrogens with one attached hydrogen (secondary N) is 3. The van der Waals surface area contributed by atoms with E-state index in [4.69, 9.17) is 4.74 Å². The number of urea groups is 1. The molecule has 1 heterocycles. The number of anilines is 1. The van der Waals surface area contributed by atoms with E-state index < -0.39 is 10.0 Å². The molecule has 9 nitrogen and oxygen atoms in total. The third kappa shape index (κ3) is 6.47. The average Bonchev–Trinajstić information content (AvgIpc) is 3.06. The zero-order valence-electron chi connectivity index (χ0n) is 14.7. The molecule has 0 radical (unpaired) electrons. The van der Waals surface area contributed by atoms with Gasteiger partial charge in [-0.05, 0) is 18.2 Å². The summed E-state index contributed by atoms with van der Waals surface area (Å²) in [6.07, 6.45) is 3.28. The maximum atomic E-state index is 11.9. The van der Waals surface area contributed by atoms with Crippen LogP contribution in [0.4, 0.5) is 10.5 Å². The molecule has 142 valence electrons. The van der Waals surface area contributed by atoms with Gasteiger partial charge in [-0.2, -0.15) is 5.10 Å². The van der Waals surface area contributed by atoms with Gasteiger partial charge in [0.05, 0.1) is 30.8 Å². The first-order chi connectivity index (χ1) is 12.4. The minimum atomic E-state index is -3.30. The van der Waals surface area contributed by atoms with Gasteiger partial charge in [-0.3, -0.25) is 4.68 Å². The summed E-state index contributed by atoms with van der Waals surface area (Å²) in [7, 11) is -0.299. The Morgan fingerprint density at radius 3 is 2.58 bits per heavy atom. The lowest BCUT2D eigenvalue weighted by Crippen LogP contribution is -2.28. The van der Waals surface area contributed by atoms with Gasteiger partial charge in [0.1, 0.15) is 0 Å². The molecule has 0 aliphatic heterocycles. The second kappa shape index (κ2) is 9.32. The van der Waals surface area contributed by atoms with Crippen LogP contribution in [-0.4, -0.2) is 45.0 Å². The van der Waals surface area contributed by atoms with Crippen molar-refractivity contribution in [2.45, 2.75) is 18.8 Å². The molecule has 2 amide bonds. The number of methoxy groups -OCH3 is 1. The van der Waals surface area contributed by atoms with E-state index >= 15 is 0 Å². The van der Waals surface area contributed by atoms with Gasteiger partial charge in [-0.25, -0.2) is 17.9 Å². The van der Waals surface area contributed by atoms with Crippen molar-refractivity contribution in [3.05, 3.63) is 47.8 Å². The van der Waals surface area contributed by atoms with Crippen LogP contribution >= 0.6 is 0 Å². The highest BCUT2D eigenvalue weighted by atomic mass is 32.2. The first-order valence-corrected chi connectivity index (χ1v) is 9.62. The van der Waals surface area contributed by atoms with Crippen LogP contribution in [0.5, 0.6) is 0 Å². The molecule has 3 N–H and O–H groups in total. The molecular formula is C16H23N5O4S. The zero-order valence-corrected chi connectivity index (χ0v) is 15.5. The summed E-state index contributed by atoms with van der Waals surface area (Å²) in [6, 6.07) is 6.67. The highest BCUT2D eigenvalue weighted by Gasteiger charge is 2.08. The van der Waals surface area contributed by atoms with Crippen LogP contribution in [0.3, 0.4) is 0 Å². The monoisotopic (exact) mass is 381 g/mol. The minimum Gasteiger partial charge on any atom is -0.383 e. The summed E-state index contributed by atoms with van der Waals surface area (Å²) < 4.78 is 31.9. The van der Waals surface area contributed by atoms with Crippen LogP contribution in [0.2, 0.25) is 0 Å². The number of amides is 2. The number of hydrogen-bond acceptors (Lipinski definition) is 5. The third-order valence-electron chi connectivity index (χ3n) is 3.56. The number of ether oxygens (including phenoxy) is 1. The summed E-state index contributed by atoms with van der Waals surface area (Å²) >= 11 is 0. The highest BCUT2D eigenvalue weighted by Crippen LogP contribution is 2.08. The van der Waals surface area contributed by atoms with E-state index in [0.717, 1.165) is 5.56 Å². The molecule has 0 aliphatic rings. The summed E-state index contributed by atoms with van der Waals surface area (Å²) in [5, 5.41) is 9.54. The standard InChI is InChI=1S/C16H23N5O4S/c1-17-26(23,24)12-14-5-3-13(4-6-14)9-18-16(22)20-15-10-19-21(11-15)7-8-25-2/h3-6,10-11,17H,7-9,12H2,1-2H3,(H2,18,20,22). The number of rotatable bonds is 9. The van der Waals surface area contributed by atoms with E-state index in [0.29, 0.717) is 30.9 Å². The number of aromatic nitrogens is 2. The molecule has 2 rings (SSSR count). The van der Waals surface area contributed by atoms with E-state index in [1.807, 2.05) is 0 Å². The maximum absolute atomic E-state index is 11.9. The zero-order chi connectivity index (χ0) is 19.0. The molecule has 0 aliphatic carbocycles. The van der Waals surface area contributed by atoms with Crippen molar-refractivity contribution in [3.8, 4) is 0 Å². The van der Waals surface area contributed by atoms with Crippen molar-refractivity contribution >= 4 is 21.7 Å². The molecule has 10 heteroatoms. The topological polar surface area (TPSA) is 114 Å². The first-order valence-electron chi connectivity index (χ1n) is 7.97. The van der Waals surface area contributed by atoms with Crippen molar-refractivity contribution < 1.29 is 17.9 Å². The van der Waals surface area contributed by atoms with Gasteiger partial charge in [0.15, 0.2) is 0 Å². The molecule has 0 unspecified atom stereocenters. The van der Waals surface area contributed by atoms with E-state index in [-0.39, 0.29) is 11.8 Å². The number of sulfonamides is 1. The molecular weight excluding hydrogens is 358 g/mol. The molecule has 1 aromatic carbocycles. The summed E-state index contributed by atoms with van der Waals surface area (Å²) in [4.78, 5) is 11.9. The Labute approximate surface area is 152 Å².